The summed E-state index contributed by atoms with van der Waals surface area (Å²) in [7, 11) is 5.39. The summed E-state index contributed by atoms with van der Waals surface area (Å²) in [6.07, 6.45) is -6.46. The van der Waals surface area contributed by atoms with E-state index in [2.05, 4.69) is 28.0 Å². The van der Waals surface area contributed by atoms with E-state index in [1.54, 1.807) is 12.0 Å². The molecule has 15 heteroatoms. The first kappa shape index (κ1) is 34.0. The average Bonchev–Trinajstić information content (AvgIpc) is 3.22. The first-order chi connectivity index (χ1) is 17.9. The number of rotatable bonds is 5. The van der Waals surface area contributed by atoms with Gasteiger partial charge in [-0.1, -0.05) is 12.1 Å². The van der Waals surface area contributed by atoms with E-state index in [1.807, 2.05) is 20.2 Å². The van der Waals surface area contributed by atoms with Gasteiger partial charge in [-0.2, -0.15) is 26.3 Å². The summed E-state index contributed by atoms with van der Waals surface area (Å²) in [5.41, 5.74) is 1.78. The van der Waals surface area contributed by atoms with Crippen molar-refractivity contribution in [1.82, 2.24) is 14.7 Å². The third-order valence-corrected chi connectivity index (χ3v) is 6.32. The maximum Gasteiger partial charge on any atom is 0.490 e. The summed E-state index contributed by atoms with van der Waals surface area (Å²) in [6.45, 7) is 6.02. The fourth-order valence-corrected chi connectivity index (χ4v) is 4.12. The lowest BCUT2D eigenvalue weighted by Crippen LogP contribution is -2.45. The molecule has 2 heterocycles. The molecule has 0 aliphatic carbocycles. The SMILES string of the molecule is COc1cccc(CN2CCC3(CCN(CC(=O)N(C)C)CC3)C2)c1.O=C(O)C(F)(F)F.O=C(O)C(F)(F)F. The summed E-state index contributed by atoms with van der Waals surface area (Å²) in [6, 6.07) is 8.39. The molecule has 1 spiro atoms. The standard InChI is InChI=1S/C20H31N3O2.2C2HF3O2/c1-21(2)19(24)15-22-10-7-20(8-11-22)9-12-23(16-20)14-17-5-4-6-18(13-17)25-3;2*3-2(4,5)1(6)7/h4-6,13H,7-12,14-16H2,1-3H3;2*(H,6,7). The number of ether oxygens (including phenoxy) is 1. The second-order valence-corrected chi connectivity index (χ2v) is 9.48. The summed E-state index contributed by atoms with van der Waals surface area (Å²) in [4.78, 5) is 36.3. The molecule has 2 fully saturated rings. The van der Waals surface area contributed by atoms with Crippen LogP contribution in [-0.2, 0) is 20.9 Å². The Morgan fingerprint density at radius 2 is 1.38 bits per heavy atom. The maximum absolute atomic E-state index is 11.9. The highest BCUT2D eigenvalue weighted by atomic mass is 19.4. The number of alkyl halides is 6. The first-order valence-corrected chi connectivity index (χ1v) is 11.8. The normalized spacial score (nSPS) is 17.4. The molecule has 1 aromatic carbocycles. The Labute approximate surface area is 221 Å². The van der Waals surface area contributed by atoms with E-state index < -0.39 is 24.3 Å². The van der Waals surface area contributed by atoms with Gasteiger partial charge in [0.1, 0.15) is 5.75 Å². The molecule has 2 saturated heterocycles. The molecule has 0 bridgehead atoms. The number of benzene rings is 1. The molecular weight excluding hydrogens is 540 g/mol. The average molecular weight is 574 g/mol. The van der Waals surface area contributed by atoms with E-state index in [-0.39, 0.29) is 5.91 Å². The highest BCUT2D eigenvalue weighted by molar-refractivity contribution is 5.77. The number of carbonyl (C=O) groups is 3. The molecule has 3 rings (SSSR count). The van der Waals surface area contributed by atoms with Crippen molar-refractivity contribution < 1.29 is 55.7 Å². The van der Waals surface area contributed by atoms with Gasteiger partial charge in [-0.15, -0.1) is 0 Å². The van der Waals surface area contributed by atoms with Crippen molar-refractivity contribution in [2.24, 2.45) is 5.41 Å². The van der Waals surface area contributed by atoms with Crippen LogP contribution < -0.4 is 4.74 Å². The summed E-state index contributed by atoms with van der Waals surface area (Å²) < 4.78 is 68.8. The van der Waals surface area contributed by atoms with Crippen LogP contribution in [0.25, 0.3) is 0 Å². The molecular formula is C24H33F6N3O6. The van der Waals surface area contributed by atoms with Crippen LogP contribution in [-0.4, -0.2) is 109 Å². The molecule has 9 nitrogen and oxygen atoms in total. The molecule has 0 atom stereocenters. The van der Waals surface area contributed by atoms with Crippen LogP contribution in [0.5, 0.6) is 5.75 Å². The van der Waals surface area contributed by atoms with Gasteiger partial charge in [0.25, 0.3) is 0 Å². The smallest absolute Gasteiger partial charge is 0.490 e. The number of likely N-dealkylation sites (tertiary alicyclic amines) is 2. The third kappa shape index (κ3) is 12.1. The monoisotopic (exact) mass is 573 g/mol. The molecule has 0 radical (unpaired) electrons. The Hall–Kier alpha value is -3.07. The molecule has 0 aromatic heterocycles. The van der Waals surface area contributed by atoms with Crippen molar-refractivity contribution >= 4 is 17.8 Å². The fourth-order valence-electron chi connectivity index (χ4n) is 4.12. The largest absolute Gasteiger partial charge is 0.497 e. The number of hydrogen-bond donors (Lipinski definition) is 2. The van der Waals surface area contributed by atoms with Crippen LogP contribution in [0.15, 0.2) is 24.3 Å². The topological polar surface area (TPSA) is 111 Å². The first-order valence-electron chi connectivity index (χ1n) is 11.8. The second-order valence-electron chi connectivity index (χ2n) is 9.48. The highest BCUT2D eigenvalue weighted by Crippen LogP contribution is 2.40. The van der Waals surface area contributed by atoms with Gasteiger partial charge in [-0.25, -0.2) is 9.59 Å². The Bertz CT molecular complexity index is 938. The molecule has 2 aliphatic heterocycles. The lowest BCUT2D eigenvalue weighted by molar-refractivity contribution is -0.193. The lowest BCUT2D eigenvalue weighted by Gasteiger charge is -2.39. The molecule has 0 unspecified atom stereocenters. The molecule has 2 N–H and O–H groups in total. The predicted octanol–water partition coefficient (Wildman–Crippen LogP) is 3.34. The van der Waals surface area contributed by atoms with E-state index in [0.29, 0.717) is 12.0 Å². The van der Waals surface area contributed by atoms with Crippen molar-refractivity contribution in [3.8, 4) is 5.75 Å². The maximum atomic E-state index is 11.9. The van der Waals surface area contributed by atoms with E-state index in [4.69, 9.17) is 24.5 Å². The Morgan fingerprint density at radius 3 is 1.79 bits per heavy atom. The van der Waals surface area contributed by atoms with Crippen molar-refractivity contribution in [3.63, 3.8) is 0 Å². The number of nitrogens with zero attached hydrogens (tertiary/aromatic N) is 3. The molecule has 0 saturated carbocycles. The predicted molar refractivity (Wildman–Crippen MR) is 127 cm³/mol. The van der Waals surface area contributed by atoms with E-state index >= 15 is 0 Å². The van der Waals surface area contributed by atoms with Gasteiger partial charge in [0.15, 0.2) is 0 Å². The number of methoxy groups -OCH3 is 1. The number of amides is 1. The van der Waals surface area contributed by atoms with E-state index in [1.165, 1.54) is 37.9 Å². The number of carbonyl (C=O) groups excluding carboxylic acids is 1. The van der Waals surface area contributed by atoms with Gasteiger partial charge in [0.2, 0.25) is 5.91 Å². The van der Waals surface area contributed by atoms with Gasteiger partial charge >= 0.3 is 24.3 Å². The van der Waals surface area contributed by atoms with Crippen LogP contribution in [0.3, 0.4) is 0 Å². The molecule has 222 valence electrons. The number of carboxylic acid groups (broad SMARTS) is 2. The number of aliphatic carboxylic acids is 2. The second kappa shape index (κ2) is 14.4. The summed E-state index contributed by atoms with van der Waals surface area (Å²) >= 11 is 0. The van der Waals surface area contributed by atoms with E-state index in [0.717, 1.165) is 25.4 Å². The van der Waals surface area contributed by atoms with Gasteiger partial charge < -0.3 is 19.8 Å². The van der Waals surface area contributed by atoms with Gasteiger partial charge in [0, 0.05) is 27.2 Å². The third-order valence-electron chi connectivity index (χ3n) is 6.32. The number of piperidine rings is 1. The zero-order chi connectivity index (χ0) is 30.0. The minimum Gasteiger partial charge on any atom is -0.497 e. The molecule has 39 heavy (non-hydrogen) atoms. The van der Waals surface area contributed by atoms with Crippen LogP contribution in [0.1, 0.15) is 24.8 Å². The molecule has 2 aliphatic rings. The Kier molecular flexibility index (Phi) is 12.5. The zero-order valence-corrected chi connectivity index (χ0v) is 21.8. The van der Waals surface area contributed by atoms with Crippen molar-refractivity contribution in [3.05, 3.63) is 29.8 Å². The molecule has 1 amide bonds. The van der Waals surface area contributed by atoms with Gasteiger partial charge in [-0.3, -0.25) is 14.6 Å². The van der Waals surface area contributed by atoms with Gasteiger partial charge in [0.05, 0.1) is 13.7 Å². The highest BCUT2D eigenvalue weighted by Gasteiger charge is 2.41. The van der Waals surface area contributed by atoms with Crippen LogP contribution >= 0.6 is 0 Å². The number of halogens is 6. The van der Waals surface area contributed by atoms with Crippen molar-refractivity contribution in [1.29, 1.82) is 0 Å². The lowest BCUT2D eigenvalue weighted by atomic mass is 9.78. The number of carboxylic acids is 2. The quantitative estimate of drug-likeness (QED) is 0.517. The number of likely N-dealkylation sites (N-methyl/N-ethyl adjacent to an activating group) is 1. The molecule has 1 aromatic rings. The van der Waals surface area contributed by atoms with Crippen LogP contribution in [0.2, 0.25) is 0 Å². The summed E-state index contributed by atoms with van der Waals surface area (Å²) in [5.74, 6) is -4.37. The minimum absolute atomic E-state index is 0.210. The fraction of sp³-hybridized carbons (Fsp3) is 0.625. The van der Waals surface area contributed by atoms with Gasteiger partial charge in [-0.05, 0) is 62.0 Å². The van der Waals surface area contributed by atoms with Crippen molar-refractivity contribution in [2.45, 2.75) is 38.2 Å². The summed E-state index contributed by atoms with van der Waals surface area (Å²) in [5, 5.41) is 14.2. The zero-order valence-electron chi connectivity index (χ0n) is 21.8. The number of hydrogen-bond acceptors (Lipinski definition) is 6. The Morgan fingerprint density at radius 1 is 0.923 bits per heavy atom. The van der Waals surface area contributed by atoms with Crippen LogP contribution in [0, 0.1) is 5.41 Å². The van der Waals surface area contributed by atoms with E-state index in [9.17, 15) is 31.1 Å². The minimum atomic E-state index is -5.08. The Balaban J connectivity index is 0.000000449. The van der Waals surface area contributed by atoms with Crippen molar-refractivity contribution in [2.75, 3.05) is 53.9 Å². The van der Waals surface area contributed by atoms with Crippen LogP contribution in [0.4, 0.5) is 26.3 Å².